The number of aryl methyl sites for hydroxylation is 1. The van der Waals surface area contributed by atoms with Crippen LogP contribution in [-0.2, 0) is 19.6 Å². The Labute approximate surface area is 110 Å². The summed E-state index contributed by atoms with van der Waals surface area (Å²) >= 11 is 0. The highest BCUT2D eigenvalue weighted by molar-refractivity contribution is 7.89. The van der Waals surface area contributed by atoms with Crippen LogP contribution >= 0.6 is 0 Å². The second kappa shape index (κ2) is 6.21. The van der Waals surface area contributed by atoms with Crippen molar-refractivity contribution < 1.29 is 22.5 Å². The number of esters is 1. The van der Waals surface area contributed by atoms with Gasteiger partial charge >= 0.3 is 5.97 Å². The number of rotatable bonds is 4. The number of carbonyl (C=O) groups excluding carboxylic acids is 1. The summed E-state index contributed by atoms with van der Waals surface area (Å²) in [6.45, 7) is 3.00. The van der Waals surface area contributed by atoms with Gasteiger partial charge in [0.2, 0.25) is 10.0 Å². The Kier molecular flexibility index (Phi) is 4.91. The molecule has 0 aliphatic rings. The molecule has 0 fully saturated rings. The molecule has 0 saturated heterocycles. The zero-order valence-corrected chi connectivity index (χ0v) is 11.2. The van der Waals surface area contributed by atoms with Gasteiger partial charge < -0.3 is 15.0 Å². The monoisotopic (exact) mass is 287 g/mol. The molecule has 0 amide bonds. The number of sulfonamides is 1. The second-order valence-electron chi connectivity index (χ2n) is 3.30. The summed E-state index contributed by atoms with van der Waals surface area (Å²) in [6.07, 6.45) is 0. The number of carbonyl (C=O) groups is 1. The molecule has 0 unspecified atom stereocenters. The first kappa shape index (κ1) is 15.0. The van der Waals surface area contributed by atoms with E-state index >= 15 is 0 Å². The Hall–Kier alpha value is -2.05. The minimum absolute atomic E-state index is 0.0725. The Balaban J connectivity index is 2.70. The van der Waals surface area contributed by atoms with Crippen LogP contribution in [-0.4, -0.2) is 32.7 Å². The summed E-state index contributed by atoms with van der Waals surface area (Å²) < 4.78 is 35.0. The van der Waals surface area contributed by atoms with Crippen LogP contribution in [0.2, 0.25) is 0 Å². The molecule has 1 rings (SSSR count). The van der Waals surface area contributed by atoms with Gasteiger partial charge in [-0.25, -0.2) is 13.2 Å². The third-order valence-electron chi connectivity index (χ3n) is 1.92. The van der Waals surface area contributed by atoms with Gasteiger partial charge in [-0.1, -0.05) is 11.1 Å². The van der Waals surface area contributed by atoms with Crippen LogP contribution in [0.4, 0.5) is 5.82 Å². The number of hydrogen-bond donors (Lipinski definition) is 2. The predicted molar refractivity (Wildman–Crippen MR) is 65.2 cm³/mol. The van der Waals surface area contributed by atoms with Crippen LogP contribution in [0.15, 0.2) is 9.42 Å². The van der Waals surface area contributed by atoms with Gasteiger partial charge in [-0.05, 0) is 13.8 Å². The Morgan fingerprint density at radius 2 is 2.26 bits per heavy atom. The second-order valence-corrected chi connectivity index (χ2v) is 5.00. The van der Waals surface area contributed by atoms with Crippen molar-refractivity contribution in [2.45, 2.75) is 18.7 Å². The van der Waals surface area contributed by atoms with E-state index in [9.17, 15) is 13.2 Å². The molecule has 19 heavy (non-hydrogen) atoms. The van der Waals surface area contributed by atoms with Crippen molar-refractivity contribution in [2.75, 3.05) is 18.9 Å². The van der Waals surface area contributed by atoms with Crippen LogP contribution in [0.3, 0.4) is 0 Å². The molecule has 1 aromatic rings. The number of nitrogens with one attached hydrogen (secondary N) is 1. The van der Waals surface area contributed by atoms with E-state index in [1.165, 1.54) is 6.92 Å². The molecule has 0 radical (unpaired) electrons. The summed E-state index contributed by atoms with van der Waals surface area (Å²) in [6, 6.07) is 0. The normalized spacial score (nSPS) is 10.6. The minimum atomic E-state index is -3.87. The third kappa shape index (κ3) is 3.97. The zero-order chi connectivity index (χ0) is 14.5. The number of nitrogens with two attached hydrogens (primary N) is 1. The van der Waals surface area contributed by atoms with E-state index in [1.54, 1.807) is 6.92 Å². The third-order valence-corrected chi connectivity index (χ3v) is 3.48. The highest BCUT2D eigenvalue weighted by Crippen LogP contribution is 2.20. The number of hydrogen-bond acceptors (Lipinski definition) is 7. The van der Waals surface area contributed by atoms with E-state index in [0.717, 1.165) is 0 Å². The minimum Gasteiger partial charge on any atom is -0.456 e. The topological polar surface area (TPSA) is 125 Å². The SMILES string of the molecule is CCOC(=O)C#CCNS(=O)(=O)c1c(N)noc1C. The Bertz CT molecular complexity index is 604. The van der Waals surface area contributed by atoms with Gasteiger partial charge in [-0.2, -0.15) is 4.72 Å². The van der Waals surface area contributed by atoms with Crippen molar-refractivity contribution in [2.24, 2.45) is 0 Å². The fourth-order valence-electron chi connectivity index (χ4n) is 1.19. The van der Waals surface area contributed by atoms with Crippen molar-refractivity contribution >= 4 is 21.8 Å². The first-order valence-electron chi connectivity index (χ1n) is 5.25. The molecule has 0 saturated carbocycles. The number of nitrogens with zero attached hydrogens (tertiary/aromatic N) is 1. The molecule has 8 nitrogen and oxygen atoms in total. The first-order chi connectivity index (χ1) is 8.88. The number of aromatic nitrogens is 1. The molecule has 0 bridgehead atoms. The van der Waals surface area contributed by atoms with E-state index in [2.05, 4.69) is 31.0 Å². The average Bonchev–Trinajstić information content (AvgIpc) is 2.65. The largest absolute Gasteiger partial charge is 0.456 e. The van der Waals surface area contributed by atoms with Gasteiger partial charge in [0.25, 0.3) is 0 Å². The van der Waals surface area contributed by atoms with Crippen LogP contribution < -0.4 is 10.5 Å². The Morgan fingerprint density at radius 1 is 1.58 bits per heavy atom. The van der Waals surface area contributed by atoms with Gasteiger partial charge in [0.15, 0.2) is 16.5 Å². The van der Waals surface area contributed by atoms with Crippen molar-refractivity contribution in [3.63, 3.8) is 0 Å². The maximum absolute atomic E-state index is 11.8. The van der Waals surface area contributed by atoms with Gasteiger partial charge in [0, 0.05) is 5.92 Å². The number of nitrogen functional groups attached to an aromatic ring is 1. The lowest BCUT2D eigenvalue weighted by atomic mass is 10.5. The molecule has 1 heterocycles. The quantitative estimate of drug-likeness (QED) is 0.431. The van der Waals surface area contributed by atoms with E-state index in [0.29, 0.717) is 0 Å². The molecule has 1 aromatic heterocycles. The van der Waals surface area contributed by atoms with Crippen molar-refractivity contribution in [3.8, 4) is 11.8 Å². The summed E-state index contributed by atoms with van der Waals surface area (Å²) in [5, 5.41) is 3.34. The smallest absolute Gasteiger partial charge is 0.384 e. The highest BCUT2D eigenvalue weighted by Gasteiger charge is 2.24. The molecular formula is C10H13N3O5S. The van der Waals surface area contributed by atoms with Gasteiger partial charge in [-0.3, -0.25) is 0 Å². The van der Waals surface area contributed by atoms with E-state index in [1.807, 2.05) is 0 Å². The first-order valence-corrected chi connectivity index (χ1v) is 6.73. The standard InChI is InChI=1S/C10H13N3O5S/c1-3-17-8(14)5-4-6-12-19(15,16)9-7(2)18-13-10(9)11/h12H,3,6H2,1-2H3,(H2,11,13). The molecular weight excluding hydrogens is 274 g/mol. The van der Waals surface area contributed by atoms with Crippen LogP contribution in [0.5, 0.6) is 0 Å². The molecule has 3 N–H and O–H groups in total. The molecule has 0 aliphatic heterocycles. The van der Waals surface area contributed by atoms with Crippen molar-refractivity contribution in [3.05, 3.63) is 5.76 Å². The number of ether oxygens (including phenoxy) is 1. The fourth-order valence-corrected chi connectivity index (χ4v) is 2.33. The van der Waals surface area contributed by atoms with Crippen LogP contribution in [0, 0.1) is 18.8 Å². The molecule has 0 atom stereocenters. The molecule has 0 aromatic carbocycles. The number of anilines is 1. The lowest BCUT2D eigenvalue weighted by Gasteiger charge is -2.01. The summed E-state index contributed by atoms with van der Waals surface area (Å²) in [7, 11) is -3.87. The molecule has 104 valence electrons. The Morgan fingerprint density at radius 3 is 2.79 bits per heavy atom. The van der Waals surface area contributed by atoms with Gasteiger partial charge in [0.05, 0.1) is 13.2 Å². The van der Waals surface area contributed by atoms with E-state index < -0.39 is 16.0 Å². The predicted octanol–water partition coefficient (Wildman–Crippen LogP) is -0.590. The van der Waals surface area contributed by atoms with Crippen LogP contribution in [0.25, 0.3) is 0 Å². The van der Waals surface area contributed by atoms with E-state index in [4.69, 9.17) is 5.73 Å². The maximum Gasteiger partial charge on any atom is 0.384 e. The lowest BCUT2D eigenvalue weighted by molar-refractivity contribution is -0.136. The molecule has 9 heteroatoms. The van der Waals surface area contributed by atoms with E-state index in [-0.39, 0.29) is 29.6 Å². The molecule has 0 aliphatic carbocycles. The van der Waals surface area contributed by atoms with Crippen molar-refractivity contribution in [1.29, 1.82) is 0 Å². The highest BCUT2D eigenvalue weighted by atomic mass is 32.2. The van der Waals surface area contributed by atoms with Gasteiger partial charge in [-0.15, -0.1) is 0 Å². The average molecular weight is 287 g/mol. The summed E-state index contributed by atoms with van der Waals surface area (Å²) in [5.41, 5.74) is 5.39. The summed E-state index contributed by atoms with van der Waals surface area (Å²) in [4.78, 5) is 10.7. The zero-order valence-electron chi connectivity index (χ0n) is 10.4. The summed E-state index contributed by atoms with van der Waals surface area (Å²) in [5.74, 6) is 3.56. The van der Waals surface area contributed by atoms with Crippen LogP contribution in [0.1, 0.15) is 12.7 Å². The van der Waals surface area contributed by atoms with Gasteiger partial charge in [0.1, 0.15) is 0 Å². The maximum atomic E-state index is 11.8. The lowest BCUT2D eigenvalue weighted by Crippen LogP contribution is -2.25. The fraction of sp³-hybridized carbons (Fsp3) is 0.400. The van der Waals surface area contributed by atoms with Crippen molar-refractivity contribution in [1.82, 2.24) is 9.88 Å². The molecule has 0 spiro atoms.